The van der Waals surface area contributed by atoms with E-state index in [1.165, 1.54) is 25.3 Å². The molecule has 0 bridgehead atoms. The Morgan fingerprint density at radius 3 is 2.14 bits per heavy atom. The SMILES string of the molecule is CCC(C)(C)c1ccc(CCCOP(=O)(OC)OC)cc1. The second-order valence-electron chi connectivity index (χ2n) is 5.68. The Bertz CT molecular complexity index is 460. The molecule has 5 heteroatoms. The third-order valence-corrected chi connectivity index (χ3v) is 5.32. The van der Waals surface area contributed by atoms with Gasteiger partial charge in [-0.2, -0.15) is 0 Å². The lowest BCUT2D eigenvalue weighted by atomic mass is 9.82. The molecule has 1 rings (SSSR count). The molecular weight excluding hydrogens is 287 g/mol. The first-order valence-corrected chi connectivity index (χ1v) is 8.78. The van der Waals surface area contributed by atoms with Gasteiger partial charge in [-0.1, -0.05) is 45.0 Å². The fraction of sp³-hybridized carbons (Fsp3) is 0.625. The maximum absolute atomic E-state index is 11.7. The summed E-state index contributed by atoms with van der Waals surface area (Å²) in [5.74, 6) is 0. The fourth-order valence-electron chi connectivity index (χ4n) is 1.96. The lowest BCUT2D eigenvalue weighted by molar-refractivity contribution is 0.151. The lowest BCUT2D eigenvalue weighted by Crippen LogP contribution is -2.15. The summed E-state index contributed by atoms with van der Waals surface area (Å²) >= 11 is 0. The first kappa shape index (κ1) is 18.4. The van der Waals surface area contributed by atoms with E-state index in [9.17, 15) is 4.57 Å². The van der Waals surface area contributed by atoms with Gasteiger partial charge < -0.3 is 0 Å². The quantitative estimate of drug-likeness (QED) is 0.488. The molecule has 0 aromatic heterocycles. The molecule has 21 heavy (non-hydrogen) atoms. The average Bonchev–Trinajstić information content (AvgIpc) is 2.51. The van der Waals surface area contributed by atoms with Crippen LogP contribution >= 0.6 is 7.82 Å². The van der Waals surface area contributed by atoms with Crippen LogP contribution in [0.2, 0.25) is 0 Å². The Morgan fingerprint density at radius 1 is 1.10 bits per heavy atom. The van der Waals surface area contributed by atoms with Gasteiger partial charge in [0.15, 0.2) is 0 Å². The van der Waals surface area contributed by atoms with Crippen molar-refractivity contribution in [3.8, 4) is 0 Å². The van der Waals surface area contributed by atoms with E-state index in [2.05, 4.69) is 45.0 Å². The van der Waals surface area contributed by atoms with Gasteiger partial charge in [0, 0.05) is 14.2 Å². The minimum atomic E-state index is -3.34. The number of phosphoric acid groups is 1. The highest BCUT2D eigenvalue weighted by Gasteiger charge is 2.22. The number of aryl methyl sites for hydroxylation is 1. The second-order valence-corrected chi connectivity index (χ2v) is 7.57. The van der Waals surface area contributed by atoms with Crippen LogP contribution in [0, 0.1) is 0 Å². The summed E-state index contributed by atoms with van der Waals surface area (Å²) in [7, 11) is -0.701. The van der Waals surface area contributed by atoms with Gasteiger partial charge in [0.2, 0.25) is 0 Å². The maximum atomic E-state index is 11.7. The minimum absolute atomic E-state index is 0.214. The van der Waals surface area contributed by atoms with Crippen LogP contribution in [-0.4, -0.2) is 20.8 Å². The minimum Gasteiger partial charge on any atom is -0.290 e. The highest BCUT2D eigenvalue weighted by atomic mass is 31.2. The Hall–Kier alpha value is -0.670. The van der Waals surface area contributed by atoms with Crippen molar-refractivity contribution in [1.29, 1.82) is 0 Å². The molecule has 0 unspecified atom stereocenters. The molecule has 0 aliphatic carbocycles. The summed E-state index contributed by atoms with van der Waals surface area (Å²) in [4.78, 5) is 0. The molecule has 0 saturated heterocycles. The molecule has 0 heterocycles. The average molecular weight is 314 g/mol. The van der Waals surface area contributed by atoms with Crippen LogP contribution in [0.1, 0.15) is 44.7 Å². The van der Waals surface area contributed by atoms with Crippen molar-refractivity contribution in [3.63, 3.8) is 0 Å². The van der Waals surface area contributed by atoms with Gasteiger partial charge in [-0.25, -0.2) is 4.57 Å². The first-order chi connectivity index (χ1) is 9.87. The van der Waals surface area contributed by atoms with Crippen LogP contribution in [-0.2, 0) is 30.0 Å². The molecule has 0 aliphatic rings. The lowest BCUT2D eigenvalue weighted by Gasteiger charge is -2.23. The van der Waals surface area contributed by atoms with Gasteiger partial charge >= 0.3 is 7.82 Å². The topological polar surface area (TPSA) is 44.8 Å². The van der Waals surface area contributed by atoms with Gasteiger partial charge in [0.1, 0.15) is 0 Å². The third kappa shape index (κ3) is 5.55. The normalized spacial score (nSPS) is 12.6. The summed E-state index contributed by atoms with van der Waals surface area (Å²) in [6, 6.07) is 8.68. The molecular formula is C16H27O4P. The van der Waals surface area contributed by atoms with E-state index in [1.54, 1.807) is 0 Å². The molecule has 1 aromatic rings. The van der Waals surface area contributed by atoms with E-state index in [0.29, 0.717) is 6.61 Å². The summed E-state index contributed by atoms with van der Waals surface area (Å²) in [5, 5.41) is 0. The van der Waals surface area contributed by atoms with E-state index in [0.717, 1.165) is 19.3 Å². The number of phosphoric ester groups is 1. The molecule has 120 valence electrons. The zero-order valence-electron chi connectivity index (χ0n) is 13.7. The van der Waals surface area contributed by atoms with Crippen LogP contribution < -0.4 is 0 Å². The molecule has 1 aromatic carbocycles. The molecule has 0 spiro atoms. The van der Waals surface area contributed by atoms with Gasteiger partial charge in [0.05, 0.1) is 6.61 Å². The van der Waals surface area contributed by atoms with E-state index < -0.39 is 7.82 Å². The Morgan fingerprint density at radius 2 is 1.67 bits per heavy atom. The van der Waals surface area contributed by atoms with Gasteiger partial charge in [0.25, 0.3) is 0 Å². The Balaban J connectivity index is 2.45. The summed E-state index contributed by atoms with van der Waals surface area (Å²) in [5.41, 5.74) is 2.82. The second kappa shape index (κ2) is 8.09. The van der Waals surface area contributed by atoms with Crippen molar-refractivity contribution in [2.24, 2.45) is 0 Å². The Kier molecular flexibility index (Phi) is 7.08. The predicted octanol–water partition coefficient (Wildman–Crippen LogP) is 4.72. The zero-order chi connectivity index (χ0) is 15.9. The summed E-state index contributed by atoms with van der Waals surface area (Å²) in [6.07, 6.45) is 2.76. The first-order valence-electron chi connectivity index (χ1n) is 7.32. The van der Waals surface area contributed by atoms with Gasteiger partial charge in [-0.05, 0) is 35.8 Å². The molecule has 4 nitrogen and oxygen atoms in total. The summed E-state index contributed by atoms with van der Waals surface area (Å²) in [6.45, 7) is 7.06. The highest BCUT2D eigenvalue weighted by molar-refractivity contribution is 7.48. The monoisotopic (exact) mass is 314 g/mol. The van der Waals surface area contributed by atoms with Crippen LogP contribution in [0.25, 0.3) is 0 Å². The molecule has 0 fully saturated rings. The van der Waals surface area contributed by atoms with Crippen molar-refractivity contribution in [3.05, 3.63) is 35.4 Å². The van der Waals surface area contributed by atoms with Crippen molar-refractivity contribution < 1.29 is 18.1 Å². The number of benzene rings is 1. The molecule has 0 saturated carbocycles. The molecule has 0 radical (unpaired) electrons. The number of hydrogen-bond donors (Lipinski definition) is 0. The predicted molar refractivity (Wildman–Crippen MR) is 85.7 cm³/mol. The van der Waals surface area contributed by atoms with Crippen molar-refractivity contribution >= 4 is 7.82 Å². The molecule has 0 aliphatic heterocycles. The molecule has 0 N–H and O–H groups in total. The fourth-order valence-corrected chi connectivity index (χ4v) is 2.67. The van der Waals surface area contributed by atoms with Gasteiger partial charge in [-0.15, -0.1) is 0 Å². The van der Waals surface area contributed by atoms with E-state index in [1.807, 2.05) is 0 Å². The Labute approximate surface area is 128 Å². The van der Waals surface area contributed by atoms with E-state index >= 15 is 0 Å². The van der Waals surface area contributed by atoms with Crippen LogP contribution in [0.15, 0.2) is 24.3 Å². The zero-order valence-corrected chi connectivity index (χ0v) is 14.6. The van der Waals surface area contributed by atoms with Crippen LogP contribution in [0.5, 0.6) is 0 Å². The maximum Gasteiger partial charge on any atom is 0.474 e. The van der Waals surface area contributed by atoms with Crippen molar-refractivity contribution in [2.75, 3.05) is 20.8 Å². The highest BCUT2D eigenvalue weighted by Crippen LogP contribution is 2.47. The standard InChI is InChI=1S/C16H27O4P/c1-6-16(2,3)15-11-9-14(10-12-15)8-7-13-20-21(17,18-4)19-5/h9-12H,6-8,13H2,1-5H3. The number of hydrogen-bond acceptors (Lipinski definition) is 4. The van der Waals surface area contributed by atoms with Crippen LogP contribution in [0.4, 0.5) is 0 Å². The molecule has 0 amide bonds. The van der Waals surface area contributed by atoms with Gasteiger partial charge in [-0.3, -0.25) is 13.6 Å². The summed E-state index contributed by atoms with van der Waals surface area (Å²) < 4.78 is 26.3. The molecule has 0 atom stereocenters. The third-order valence-electron chi connectivity index (χ3n) is 3.93. The smallest absolute Gasteiger partial charge is 0.290 e. The van der Waals surface area contributed by atoms with Crippen LogP contribution in [0.3, 0.4) is 0 Å². The van der Waals surface area contributed by atoms with Crippen molar-refractivity contribution in [2.45, 2.75) is 45.4 Å². The van der Waals surface area contributed by atoms with E-state index in [4.69, 9.17) is 13.6 Å². The largest absolute Gasteiger partial charge is 0.474 e. The number of rotatable bonds is 9. The van der Waals surface area contributed by atoms with E-state index in [-0.39, 0.29) is 5.41 Å². The van der Waals surface area contributed by atoms with Crippen molar-refractivity contribution in [1.82, 2.24) is 0 Å².